The summed E-state index contributed by atoms with van der Waals surface area (Å²) < 4.78 is 12.2. The van der Waals surface area contributed by atoms with Crippen molar-refractivity contribution in [2.75, 3.05) is 0 Å². The molecule has 1 aliphatic heterocycles. The molecule has 0 N–H and O–H groups in total. The van der Waals surface area contributed by atoms with Crippen molar-refractivity contribution in [1.29, 1.82) is 0 Å². The lowest BCUT2D eigenvalue weighted by molar-refractivity contribution is -0.147. The zero-order valence-corrected chi connectivity index (χ0v) is 11.2. The van der Waals surface area contributed by atoms with Gasteiger partial charge in [0.25, 0.3) is 0 Å². The van der Waals surface area contributed by atoms with Crippen LogP contribution < -0.4 is 0 Å². The first kappa shape index (κ1) is 12.4. The topological polar surface area (TPSA) is 18.5 Å². The van der Waals surface area contributed by atoms with Crippen LogP contribution in [0.15, 0.2) is 60.7 Å². The van der Waals surface area contributed by atoms with Crippen LogP contribution >= 0.6 is 0 Å². The van der Waals surface area contributed by atoms with Gasteiger partial charge in [-0.15, -0.1) is 0 Å². The fourth-order valence-electron chi connectivity index (χ4n) is 2.53. The zero-order chi connectivity index (χ0) is 13.3. The Bertz CT molecular complexity index is 484. The van der Waals surface area contributed by atoms with Gasteiger partial charge in [-0.25, -0.2) is 0 Å². The van der Waals surface area contributed by atoms with Crippen LogP contribution in [-0.4, -0.2) is 5.79 Å². The van der Waals surface area contributed by atoms with Crippen molar-refractivity contribution in [2.45, 2.75) is 31.8 Å². The molecule has 3 rings (SSSR count). The first-order valence-corrected chi connectivity index (χ1v) is 6.61. The summed E-state index contributed by atoms with van der Waals surface area (Å²) in [5, 5.41) is 0. The second-order valence-corrected chi connectivity index (χ2v) is 5.30. The minimum absolute atomic E-state index is 0.0569. The van der Waals surface area contributed by atoms with Crippen LogP contribution in [0.4, 0.5) is 0 Å². The quantitative estimate of drug-likeness (QED) is 0.797. The molecule has 2 aromatic carbocycles. The Balaban J connectivity index is 1.97. The van der Waals surface area contributed by atoms with Crippen molar-refractivity contribution in [3.05, 3.63) is 71.8 Å². The van der Waals surface area contributed by atoms with Crippen molar-refractivity contribution in [3.8, 4) is 0 Å². The molecule has 0 aliphatic carbocycles. The highest BCUT2D eigenvalue weighted by Crippen LogP contribution is 2.46. The summed E-state index contributed by atoms with van der Waals surface area (Å²) in [6.45, 7) is 3.93. The van der Waals surface area contributed by atoms with Gasteiger partial charge in [0, 0.05) is 0 Å². The smallest absolute Gasteiger partial charge is 0.164 e. The van der Waals surface area contributed by atoms with Gasteiger partial charge in [0.1, 0.15) is 12.2 Å². The van der Waals surface area contributed by atoms with E-state index in [0.717, 1.165) is 11.1 Å². The van der Waals surface area contributed by atoms with E-state index >= 15 is 0 Å². The molecule has 19 heavy (non-hydrogen) atoms. The van der Waals surface area contributed by atoms with Gasteiger partial charge in [0.2, 0.25) is 0 Å². The number of hydrogen-bond donors (Lipinski definition) is 0. The van der Waals surface area contributed by atoms with Crippen molar-refractivity contribution in [2.24, 2.45) is 0 Å². The van der Waals surface area contributed by atoms with Crippen molar-refractivity contribution in [3.63, 3.8) is 0 Å². The zero-order valence-electron chi connectivity index (χ0n) is 11.2. The van der Waals surface area contributed by atoms with Crippen LogP contribution in [0.1, 0.15) is 37.2 Å². The van der Waals surface area contributed by atoms with E-state index in [4.69, 9.17) is 9.47 Å². The lowest BCUT2D eigenvalue weighted by Crippen LogP contribution is -2.20. The summed E-state index contributed by atoms with van der Waals surface area (Å²) in [6, 6.07) is 20.5. The maximum absolute atomic E-state index is 6.08. The number of benzene rings is 2. The summed E-state index contributed by atoms with van der Waals surface area (Å²) in [5.41, 5.74) is 2.31. The molecule has 0 spiro atoms. The molecular formula is C17H18O2. The molecule has 1 fully saturated rings. The van der Waals surface area contributed by atoms with E-state index in [1.807, 2.05) is 50.2 Å². The Morgan fingerprint density at radius 2 is 1.05 bits per heavy atom. The maximum atomic E-state index is 6.08. The molecule has 1 heterocycles. The highest BCUT2D eigenvalue weighted by Gasteiger charge is 2.42. The van der Waals surface area contributed by atoms with Gasteiger partial charge in [-0.05, 0) is 25.0 Å². The van der Waals surface area contributed by atoms with Crippen LogP contribution in [0.5, 0.6) is 0 Å². The number of hydrogen-bond acceptors (Lipinski definition) is 2. The highest BCUT2D eigenvalue weighted by molar-refractivity contribution is 5.26. The van der Waals surface area contributed by atoms with E-state index in [9.17, 15) is 0 Å². The lowest BCUT2D eigenvalue weighted by Gasteiger charge is -2.17. The highest BCUT2D eigenvalue weighted by atomic mass is 16.7. The van der Waals surface area contributed by atoms with Crippen LogP contribution in [-0.2, 0) is 9.47 Å². The summed E-state index contributed by atoms with van der Waals surface area (Å²) in [6.07, 6.45) is -0.114. The van der Waals surface area contributed by atoms with E-state index in [1.54, 1.807) is 0 Å². The minimum Gasteiger partial charge on any atom is -0.339 e. The Kier molecular flexibility index (Phi) is 3.13. The van der Waals surface area contributed by atoms with Crippen LogP contribution in [0, 0.1) is 0 Å². The molecule has 2 aromatic rings. The lowest BCUT2D eigenvalue weighted by atomic mass is 9.99. The number of ether oxygens (including phenoxy) is 2. The van der Waals surface area contributed by atoms with Crippen LogP contribution in [0.2, 0.25) is 0 Å². The van der Waals surface area contributed by atoms with Gasteiger partial charge in [-0.2, -0.15) is 0 Å². The van der Waals surface area contributed by atoms with Crippen LogP contribution in [0.3, 0.4) is 0 Å². The maximum Gasteiger partial charge on any atom is 0.164 e. The SMILES string of the molecule is CC1(C)OC(c2ccccc2)[C@@H](c2ccccc2)O1. The van der Waals surface area contributed by atoms with E-state index in [2.05, 4.69) is 24.3 Å². The van der Waals surface area contributed by atoms with Gasteiger partial charge >= 0.3 is 0 Å². The summed E-state index contributed by atoms with van der Waals surface area (Å²) in [4.78, 5) is 0. The van der Waals surface area contributed by atoms with Crippen molar-refractivity contribution < 1.29 is 9.47 Å². The minimum atomic E-state index is -0.555. The Hall–Kier alpha value is -1.64. The van der Waals surface area contributed by atoms with Crippen molar-refractivity contribution in [1.82, 2.24) is 0 Å². The van der Waals surface area contributed by atoms with E-state index in [-0.39, 0.29) is 12.2 Å². The first-order chi connectivity index (χ1) is 9.16. The second kappa shape index (κ2) is 4.80. The first-order valence-electron chi connectivity index (χ1n) is 6.61. The Morgan fingerprint density at radius 1 is 0.684 bits per heavy atom. The van der Waals surface area contributed by atoms with Gasteiger partial charge < -0.3 is 9.47 Å². The molecule has 2 nitrogen and oxygen atoms in total. The van der Waals surface area contributed by atoms with Gasteiger partial charge in [-0.3, -0.25) is 0 Å². The average molecular weight is 254 g/mol. The van der Waals surface area contributed by atoms with Crippen LogP contribution in [0.25, 0.3) is 0 Å². The molecule has 2 heteroatoms. The van der Waals surface area contributed by atoms with Gasteiger partial charge in [0.15, 0.2) is 5.79 Å². The molecule has 98 valence electrons. The molecule has 1 saturated heterocycles. The van der Waals surface area contributed by atoms with Gasteiger partial charge in [-0.1, -0.05) is 60.7 Å². The standard InChI is InChI=1S/C17H18O2/c1-17(2)18-15(13-9-5-3-6-10-13)16(19-17)14-11-7-4-8-12-14/h3-12,15-16H,1-2H3/t15-,16?/m1/s1. The van der Waals surface area contributed by atoms with E-state index in [0.29, 0.717) is 0 Å². The predicted octanol–water partition coefficient (Wildman–Crippen LogP) is 4.25. The molecular weight excluding hydrogens is 236 g/mol. The molecule has 0 radical (unpaired) electrons. The molecule has 1 unspecified atom stereocenters. The number of rotatable bonds is 2. The Morgan fingerprint density at radius 3 is 1.42 bits per heavy atom. The normalized spacial score (nSPS) is 25.4. The molecule has 1 aliphatic rings. The van der Waals surface area contributed by atoms with E-state index in [1.165, 1.54) is 0 Å². The summed E-state index contributed by atoms with van der Waals surface area (Å²) >= 11 is 0. The van der Waals surface area contributed by atoms with Crippen molar-refractivity contribution >= 4 is 0 Å². The molecule has 2 atom stereocenters. The molecule has 0 bridgehead atoms. The third-order valence-corrected chi connectivity index (χ3v) is 3.35. The predicted molar refractivity (Wildman–Crippen MR) is 74.6 cm³/mol. The largest absolute Gasteiger partial charge is 0.339 e. The second-order valence-electron chi connectivity index (χ2n) is 5.30. The summed E-state index contributed by atoms with van der Waals surface area (Å²) in [5.74, 6) is -0.555. The Labute approximate surface area is 114 Å². The molecule has 0 amide bonds. The fraction of sp³-hybridized carbons (Fsp3) is 0.294. The average Bonchev–Trinajstić information content (AvgIpc) is 2.77. The third-order valence-electron chi connectivity index (χ3n) is 3.35. The van der Waals surface area contributed by atoms with E-state index < -0.39 is 5.79 Å². The molecule has 0 aromatic heterocycles. The summed E-state index contributed by atoms with van der Waals surface area (Å²) in [7, 11) is 0. The van der Waals surface area contributed by atoms with Gasteiger partial charge in [0.05, 0.1) is 0 Å². The monoisotopic (exact) mass is 254 g/mol. The third kappa shape index (κ3) is 2.55. The molecule has 0 saturated carbocycles. The fourth-order valence-corrected chi connectivity index (χ4v) is 2.53.